The topological polar surface area (TPSA) is 43.4 Å². The highest BCUT2D eigenvalue weighted by molar-refractivity contribution is 6.42. The van der Waals surface area contributed by atoms with Crippen molar-refractivity contribution in [3.8, 4) is 0 Å². The number of hydrogen-bond donors (Lipinski definition) is 0. The van der Waals surface area contributed by atoms with Crippen LogP contribution in [-0.4, -0.2) is 18.9 Å². The van der Waals surface area contributed by atoms with Crippen LogP contribution in [-0.2, 0) is 11.2 Å². The first-order valence-electron chi connectivity index (χ1n) is 6.84. The Bertz CT molecular complexity index is 767. The Balaban J connectivity index is 2.06. The monoisotopic (exact) mass is 348 g/mol. The van der Waals surface area contributed by atoms with E-state index in [1.165, 1.54) is 19.3 Å². The average molecular weight is 349 g/mol. The van der Waals surface area contributed by atoms with E-state index in [-0.39, 0.29) is 5.78 Å². The molecule has 0 heterocycles. The van der Waals surface area contributed by atoms with Gasteiger partial charge in [0.25, 0.3) is 0 Å². The van der Waals surface area contributed by atoms with Gasteiger partial charge in [0.1, 0.15) is 0 Å². The summed E-state index contributed by atoms with van der Waals surface area (Å²) in [4.78, 5) is 23.6. The van der Waals surface area contributed by atoms with Crippen molar-refractivity contribution in [1.82, 2.24) is 0 Å². The summed E-state index contributed by atoms with van der Waals surface area (Å²) >= 11 is 11.8. The molecule has 0 aromatic heterocycles. The van der Waals surface area contributed by atoms with Gasteiger partial charge in [-0.25, -0.2) is 4.79 Å². The second-order valence-electron chi connectivity index (χ2n) is 4.79. The molecule has 0 aliphatic heterocycles. The minimum Gasteiger partial charge on any atom is -0.465 e. The predicted molar refractivity (Wildman–Crippen MR) is 91.4 cm³/mol. The molecule has 0 unspecified atom stereocenters. The SMILES string of the molecule is COC(=O)c1cccc(C(=O)/C=C\Cc2ccc(Cl)c(Cl)c2)c1. The molecule has 0 atom stereocenters. The molecule has 0 saturated heterocycles. The number of benzene rings is 2. The Morgan fingerprint density at radius 1 is 1.04 bits per heavy atom. The predicted octanol–water partition coefficient (Wildman–Crippen LogP) is 4.76. The third-order valence-corrected chi connectivity index (χ3v) is 3.91. The van der Waals surface area contributed by atoms with Crippen molar-refractivity contribution in [2.75, 3.05) is 7.11 Å². The average Bonchev–Trinajstić information content (AvgIpc) is 2.57. The van der Waals surface area contributed by atoms with Crippen molar-refractivity contribution in [3.05, 3.63) is 81.4 Å². The van der Waals surface area contributed by atoms with Crippen LogP contribution in [0.2, 0.25) is 10.0 Å². The van der Waals surface area contributed by atoms with E-state index in [0.29, 0.717) is 27.6 Å². The molecule has 0 aliphatic carbocycles. The van der Waals surface area contributed by atoms with Gasteiger partial charge in [-0.3, -0.25) is 4.79 Å². The maximum Gasteiger partial charge on any atom is 0.337 e. The minimum absolute atomic E-state index is 0.184. The number of methoxy groups -OCH3 is 1. The van der Waals surface area contributed by atoms with E-state index < -0.39 is 5.97 Å². The zero-order chi connectivity index (χ0) is 16.8. The second-order valence-corrected chi connectivity index (χ2v) is 5.61. The van der Waals surface area contributed by atoms with Crippen LogP contribution in [0.4, 0.5) is 0 Å². The number of esters is 1. The molecule has 2 aromatic rings. The standard InChI is InChI=1S/C18H14Cl2O3/c1-23-18(22)14-6-3-5-13(11-14)17(21)7-2-4-12-8-9-15(19)16(20)10-12/h2-3,5-11H,4H2,1H3/b7-2-. The van der Waals surface area contributed by atoms with Crippen molar-refractivity contribution in [3.63, 3.8) is 0 Å². The molecular formula is C18H14Cl2O3. The number of ketones is 1. The van der Waals surface area contributed by atoms with Gasteiger partial charge in [0.2, 0.25) is 0 Å². The quantitative estimate of drug-likeness (QED) is 0.444. The highest BCUT2D eigenvalue weighted by Gasteiger charge is 2.08. The van der Waals surface area contributed by atoms with Gasteiger partial charge < -0.3 is 4.74 Å². The van der Waals surface area contributed by atoms with Crippen LogP contribution < -0.4 is 0 Å². The highest BCUT2D eigenvalue weighted by atomic mass is 35.5. The van der Waals surface area contributed by atoms with Gasteiger partial charge in [0.05, 0.1) is 22.7 Å². The zero-order valence-electron chi connectivity index (χ0n) is 12.4. The summed E-state index contributed by atoms with van der Waals surface area (Å²) in [5, 5.41) is 0.977. The molecule has 0 aliphatic rings. The van der Waals surface area contributed by atoms with Crippen LogP contribution in [0.15, 0.2) is 54.6 Å². The molecule has 0 spiro atoms. The van der Waals surface area contributed by atoms with Crippen LogP contribution in [0, 0.1) is 0 Å². The van der Waals surface area contributed by atoms with E-state index in [0.717, 1.165) is 5.56 Å². The maximum atomic E-state index is 12.1. The van der Waals surface area contributed by atoms with Crippen LogP contribution in [0.3, 0.4) is 0 Å². The Hall–Kier alpha value is -2.10. The van der Waals surface area contributed by atoms with Crippen LogP contribution in [0.1, 0.15) is 26.3 Å². The van der Waals surface area contributed by atoms with Crippen molar-refractivity contribution in [2.24, 2.45) is 0 Å². The summed E-state index contributed by atoms with van der Waals surface area (Å²) in [5.41, 5.74) is 1.72. The van der Waals surface area contributed by atoms with Gasteiger partial charge >= 0.3 is 5.97 Å². The fraction of sp³-hybridized carbons (Fsp3) is 0.111. The zero-order valence-corrected chi connectivity index (χ0v) is 13.9. The van der Waals surface area contributed by atoms with E-state index in [9.17, 15) is 9.59 Å². The molecule has 0 bridgehead atoms. The molecule has 2 aromatic carbocycles. The van der Waals surface area contributed by atoms with E-state index in [1.54, 1.807) is 36.4 Å². The van der Waals surface area contributed by atoms with E-state index in [4.69, 9.17) is 23.2 Å². The lowest BCUT2D eigenvalue weighted by Gasteiger charge is -2.01. The summed E-state index contributed by atoms with van der Waals surface area (Å²) in [6.45, 7) is 0. The summed E-state index contributed by atoms with van der Waals surface area (Å²) < 4.78 is 4.64. The van der Waals surface area contributed by atoms with Crippen molar-refractivity contribution in [2.45, 2.75) is 6.42 Å². The van der Waals surface area contributed by atoms with Gasteiger partial charge in [-0.15, -0.1) is 0 Å². The van der Waals surface area contributed by atoms with Gasteiger partial charge in [0, 0.05) is 5.56 Å². The Labute approximate surface area is 144 Å². The number of carbonyl (C=O) groups is 2. The first-order chi connectivity index (χ1) is 11.0. The molecule has 5 heteroatoms. The summed E-state index contributed by atoms with van der Waals surface area (Å²) in [6.07, 6.45) is 3.77. The first kappa shape index (κ1) is 17.3. The molecule has 0 amide bonds. The molecule has 0 fully saturated rings. The van der Waals surface area contributed by atoms with E-state index in [1.807, 2.05) is 6.07 Å². The van der Waals surface area contributed by atoms with Crippen LogP contribution in [0.25, 0.3) is 0 Å². The number of rotatable bonds is 5. The Morgan fingerprint density at radius 3 is 2.48 bits per heavy atom. The van der Waals surface area contributed by atoms with Gasteiger partial charge in [-0.2, -0.15) is 0 Å². The maximum absolute atomic E-state index is 12.1. The molecule has 23 heavy (non-hydrogen) atoms. The fourth-order valence-electron chi connectivity index (χ4n) is 1.98. The highest BCUT2D eigenvalue weighted by Crippen LogP contribution is 2.22. The largest absolute Gasteiger partial charge is 0.465 e. The fourth-order valence-corrected chi connectivity index (χ4v) is 2.30. The molecule has 2 rings (SSSR count). The third kappa shape index (κ3) is 4.68. The van der Waals surface area contributed by atoms with Gasteiger partial charge in [0.15, 0.2) is 5.78 Å². The van der Waals surface area contributed by atoms with Crippen LogP contribution in [0.5, 0.6) is 0 Å². The first-order valence-corrected chi connectivity index (χ1v) is 7.60. The van der Waals surface area contributed by atoms with Gasteiger partial charge in [-0.1, -0.05) is 47.5 Å². The molecular weight excluding hydrogens is 335 g/mol. The lowest BCUT2D eigenvalue weighted by atomic mass is 10.1. The normalized spacial score (nSPS) is 10.7. The van der Waals surface area contributed by atoms with Crippen molar-refractivity contribution < 1.29 is 14.3 Å². The number of allylic oxidation sites excluding steroid dienone is 2. The summed E-state index contributed by atoms with van der Waals surface area (Å²) in [6, 6.07) is 11.7. The lowest BCUT2D eigenvalue weighted by molar-refractivity contribution is 0.0600. The molecule has 0 radical (unpaired) electrons. The van der Waals surface area contributed by atoms with E-state index in [2.05, 4.69) is 4.74 Å². The van der Waals surface area contributed by atoms with Gasteiger partial charge in [-0.05, 0) is 42.3 Å². The summed E-state index contributed by atoms with van der Waals surface area (Å²) in [5.74, 6) is -0.657. The number of halogens is 2. The Kier molecular flexibility index (Phi) is 5.97. The lowest BCUT2D eigenvalue weighted by Crippen LogP contribution is -2.03. The summed E-state index contributed by atoms with van der Waals surface area (Å²) in [7, 11) is 1.30. The molecule has 118 valence electrons. The number of hydrogen-bond acceptors (Lipinski definition) is 3. The smallest absolute Gasteiger partial charge is 0.337 e. The van der Waals surface area contributed by atoms with Crippen LogP contribution >= 0.6 is 23.2 Å². The third-order valence-electron chi connectivity index (χ3n) is 3.17. The molecule has 0 N–H and O–H groups in total. The Morgan fingerprint density at radius 2 is 1.78 bits per heavy atom. The number of carbonyl (C=O) groups excluding carboxylic acids is 2. The minimum atomic E-state index is -0.473. The van der Waals surface area contributed by atoms with E-state index >= 15 is 0 Å². The molecule has 0 saturated carbocycles. The van der Waals surface area contributed by atoms with Crippen molar-refractivity contribution >= 4 is 35.0 Å². The number of ether oxygens (including phenoxy) is 1. The second kappa shape index (κ2) is 7.95. The molecule has 3 nitrogen and oxygen atoms in total. The van der Waals surface area contributed by atoms with Crippen molar-refractivity contribution in [1.29, 1.82) is 0 Å².